The van der Waals surface area contributed by atoms with Crippen LogP contribution in [0.4, 0.5) is 0 Å². The zero-order valence-corrected chi connectivity index (χ0v) is 17.2. The smallest absolute Gasteiger partial charge is 0.288 e. The van der Waals surface area contributed by atoms with Crippen molar-refractivity contribution in [2.45, 2.75) is 26.8 Å². The quantitative estimate of drug-likeness (QED) is 0.622. The largest absolute Gasteiger partial charge is 0.490 e. The molecule has 1 aliphatic heterocycles. The predicted octanol–water partition coefficient (Wildman–Crippen LogP) is 4.21. The van der Waals surface area contributed by atoms with Gasteiger partial charge in [-0.2, -0.15) is 0 Å². The van der Waals surface area contributed by atoms with Gasteiger partial charge in [0.15, 0.2) is 16.9 Å². The van der Waals surface area contributed by atoms with Crippen LogP contribution in [-0.4, -0.2) is 19.1 Å². The second-order valence-corrected chi connectivity index (χ2v) is 7.20. The van der Waals surface area contributed by atoms with Crippen molar-refractivity contribution >= 4 is 16.9 Å². The number of carbonyl (C=O) groups is 1. The molecule has 6 nitrogen and oxygen atoms in total. The van der Waals surface area contributed by atoms with Gasteiger partial charge >= 0.3 is 0 Å². The summed E-state index contributed by atoms with van der Waals surface area (Å²) in [7, 11) is 0. The number of rotatable bonds is 6. The number of fused-ring (bicyclic) bond motifs is 2. The van der Waals surface area contributed by atoms with E-state index in [4.69, 9.17) is 13.9 Å². The number of ether oxygens (including phenoxy) is 2. The molecule has 2 heterocycles. The SMILES string of the molecule is C=CCOc1ccc(C2NC(=O)c3oc4c(C)c(C)ccc4c(=O)c32)cc1OCC. The van der Waals surface area contributed by atoms with Gasteiger partial charge in [-0.15, -0.1) is 0 Å². The topological polar surface area (TPSA) is 77.8 Å². The maximum atomic E-state index is 13.3. The average Bonchev–Trinajstić information content (AvgIpc) is 3.07. The number of hydrogen-bond donors (Lipinski definition) is 1. The minimum absolute atomic E-state index is 0.0659. The number of aryl methyl sites for hydroxylation is 2. The third kappa shape index (κ3) is 3.14. The molecule has 1 aliphatic rings. The summed E-state index contributed by atoms with van der Waals surface area (Å²) >= 11 is 0. The highest BCUT2D eigenvalue weighted by Gasteiger charge is 2.36. The summed E-state index contributed by atoms with van der Waals surface area (Å²) in [5.74, 6) is 0.772. The highest BCUT2D eigenvalue weighted by Crippen LogP contribution is 2.36. The molecule has 0 bridgehead atoms. The molecule has 0 saturated heterocycles. The first-order valence-corrected chi connectivity index (χ1v) is 9.84. The molecule has 0 radical (unpaired) electrons. The Morgan fingerprint density at radius 1 is 1.13 bits per heavy atom. The van der Waals surface area contributed by atoms with Crippen molar-refractivity contribution in [1.82, 2.24) is 5.32 Å². The lowest BCUT2D eigenvalue weighted by Gasteiger charge is -2.16. The van der Waals surface area contributed by atoms with E-state index in [0.29, 0.717) is 46.8 Å². The van der Waals surface area contributed by atoms with Gasteiger partial charge in [-0.3, -0.25) is 9.59 Å². The first kappa shape index (κ1) is 19.8. The summed E-state index contributed by atoms with van der Waals surface area (Å²) in [5, 5.41) is 3.34. The van der Waals surface area contributed by atoms with Crippen molar-refractivity contribution in [2.75, 3.05) is 13.2 Å². The Kier molecular flexibility index (Phi) is 5.08. The Bertz CT molecular complexity index is 1220. The van der Waals surface area contributed by atoms with Gasteiger partial charge < -0.3 is 19.2 Å². The molecule has 6 heteroatoms. The van der Waals surface area contributed by atoms with Crippen LogP contribution in [-0.2, 0) is 0 Å². The van der Waals surface area contributed by atoms with Crippen molar-refractivity contribution < 1.29 is 18.7 Å². The maximum absolute atomic E-state index is 13.3. The van der Waals surface area contributed by atoms with E-state index in [9.17, 15) is 9.59 Å². The summed E-state index contributed by atoms with van der Waals surface area (Å²) in [6.45, 7) is 10.1. The standard InChI is InChI=1S/C24H23NO5/c1-5-11-29-17-10-8-15(12-18(17)28-6-2)20-19-21(26)16-9-7-13(3)14(4)22(16)30-23(19)24(27)25-20/h5,7-10,12,20H,1,6,11H2,2-4H3,(H,25,27). The Labute approximate surface area is 174 Å². The summed E-state index contributed by atoms with van der Waals surface area (Å²) in [6, 6.07) is 8.38. The van der Waals surface area contributed by atoms with Crippen LogP contribution in [0.3, 0.4) is 0 Å². The third-order valence-electron chi connectivity index (χ3n) is 5.34. The first-order chi connectivity index (χ1) is 14.5. The molecule has 0 aliphatic carbocycles. The van der Waals surface area contributed by atoms with Gasteiger partial charge in [0.25, 0.3) is 5.91 Å². The van der Waals surface area contributed by atoms with Gasteiger partial charge in [0.1, 0.15) is 12.2 Å². The van der Waals surface area contributed by atoms with Gasteiger partial charge in [-0.1, -0.05) is 24.8 Å². The number of carbonyl (C=O) groups excluding carboxylic acids is 1. The van der Waals surface area contributed by atoms with Crippen molar-refractivity contribution in [1.29, 1.82) is 0 Å². The van der Waals surface area contributed by atoms with E-state index in [-0.39, 0.29) is 11.2 Å². The summed E-state index contributed by atoms with van der Waals surface area (Å²) in [6.07, 6.45) is 1.65. The second-order valence-electron chi connectivity index (χ2n) is 7.20. The number of hydrogen-bond acceptors (Lipinski definition) is 5. The van der Waals surface area contributed by atoms with Gasteiger partial charge in [0.05, 0.1) is 23.6 Å². The van der Waals surface area contributed by atoms with Crippen LogP contribution in [0, 0.1) is 13.8 Å². The van der Waals surface area contributed by atoms with E-state index in [1.54, 1.807) is 24.3 Å². The molecule has 0 saturated carbocycles. The highest BCUT2D eigenvalue weighted by molar-refractivity contribution is 5.99. The molecule has 154 valence electrons. The predicted molar refractivity (Wildman–Crippen MR) is 115 cm³/mol. The summed E-state index contributed by atoms with van der Waals surface area (Å²) in [4.78, 5) is 26.0. The van der Waals surface area contributed by atoms with Crippen LogP contribution in [0.25, 0.3) is 11.0 Å². The number of nitrogens with one attached hydrogen (secondary N) is 1. The molecule has 1 amide bonds. The van der Waals surface area contributed by atoms with E-state index < -0.39 is 11.9 Å². The van der Waals surface area contributed by atoms with Crippen molar-refractivity contribution in [3.8, 4) is 11.5 Å². The second kappa shape index (κ2) is 7.71. The van der Waals surface area contributed by atoms with E-state index in [1.165, 1.54) is 0 Å². The highest BCUT2D eigenvalue weighted by atomic mass is 16.5. The van der Waals surface area contributed by atoms with Crippen LogP contribution in [0.1, 0.15) is 45.8 Å². The lowest BCUT2D eigenvalue weighted by atomic mass is 9.97. The normalized spacial score (nSPS) is 15.0. The first-order valence-electron chi connectivity index (χ1n) is 9.84. The fourth-order valence-electron chi connectivity index (χ4n) is 3.70. The third-order valence-corrected chi connectivity index (χ3v) is 5.34. The monoisotopic (exact) mass is 405 g/mol. The molecule has 1 aromatic heterocycles. The van der Waals surface area contributed by atoms with Crippen molar-refractivity contribution in [3.63, 3.8) is 0 Å². The minimum Gasteiger partial charge on any atom is -0.490 e. The lowest BCUT2D eigenvalue weighted by Crippen LogP contribution is -2.22. The zero-order valence-electron chi connectivity index (χ0n) is 17.2. The Hall–Kier alpha value is -3.54. The maximum Gasteiger partial charge on any atom is 0.288 e. The molecule has 4 rings (SSSR count). The molecule has 0 fully saturated rings. The van der Waals surface area contributed by atoms with Crippen LogP contribution < -0.4 is 20.2 Å². The van der Waals surface area contributed by atoms with Gasteiger partial charge in [-0.05, 0) is 55.7 Å². The molecule has 1 N–H and O–H groups in total. The van der Waals surface area contributed by atoms with Crippen molar-refractivity contribution in [2.24, 2.45) is 0 Å². The molecule has 2 aromatic carbocycles. The van der Waals surface area contributed by atoms with Crippen LogP contribution in [0.5, 0.6) is 11.5 Å². The summed E-state index contributed by atoms with van der Waals surface area (Å²) < 4.78 is 17.3. The van der Waals surface area contributed by atoms with Crippen molar-refractivity contribution in [3.05, 3.63) is 81.2 Å². The van der Waals surface area contributed by atoms with Gasteiger partial charge in [0, 0.05) is 0 Å². The number of benzene rings is 2. The van der Waals surface area contributed by atoms with E-state index >= 15 is 0 Å². The van der Waals surface area contributed by atoms with Gasteiger partial charge in [0.2, 0.25) is 5.76 Å². The zero-order chi connectivity index (χ0) is 21.4. The van der Waals surface area contributed by atoms with Crippen LogP contribution >= 0.6 is 0 Å². The Balaban J connectivity index is 1.86. The summed E-state index contributed by atoms with van der Waals surface area (Å²) in [5.41, 5.74) is 3.13. The average molecular weight is 405 g/mol. The Morgan fingerprint density at radius 2 is 1.93 bits per heavy atom. The molecule has 30 heavy (non-hydrogen) atoms. The van der Waals surface area contributed by atoms with Gasteiger partial charge in [-0.25, -0.2) is 0 Å². The van der Waals surface area contributed by atoms with E-state index in [1.807, 2.05) is 32.9 Å². The van der Waals surface area contributed by atoms with Crippen LogP contribution in [0.15, 0.2) is 52.2 Å². The lowest BCUT2D eigenvalue weighted by molar-refractivity contribution is 0.0937. The van der Waals surface area contributed by atoms with E-state index in [0.717, 1.165) is 11.1 Å². The fraction of sp³-hybridized carbons (Fsp3) is 0.250. The molecule has 3 aromatic rings. The Morgan fingerprint density at radius 3 is 2.67 bits per heavy atom. The fourth-order valence-corrected chi connectivity index (χ4v) is 3.70. The minimum atomic E-state index is -0.623. The van der Waals surface area contributed by atoms with E-state index in [2.05, 4.69) is 11.9 Å². The van der Waals surface area contributed by atoms with Crippen LogP contribution in [0.2, 0.25) is 0 Å². The molecule has 1 unspecified atom stereocenters. The molecular formula is C24H23NO5. The molecule has 1 atom stereocenters. The number of amides is 1. The molecular weight excluding hydrogens is 382 g/mol. The molecule has 0 spiro atoms.